The Balaban J connectivity index is 1.33. The van der Waals surface area contributed by atoms with Gasteiger partial charge in [0.05, 0.1) is 23.2 Å². The highest BCUT2D eigenvalue weighted by Crippen LogP contribution is 2.42. The van der Waals surface area contributed by atoms with Gasteiger partial charge in [-0.2, -0.15) is 5.26 Å². The highest BCUT2D eigenvalue weighted by molar-refractivity contribution is 5.95. The van der Waals surface area contributed by atoms with Gasteiger partial charge < -0.3 is 14.9 Å². The minimum absolute atomic E-state index is 0.208. The largest absolute Gasteiger partial charge is 0.391 e. The molecular formula is C26H27N5O. The average molecular weight is 426 g/mol. The molecule has 3 aromatic rings. The summed E-state index contributed by atoms with van der Waals surface area (Å²) in [5.41, 5.74) is 6.63. The molecule has 0 aliphatic carbocycles. The standard InChI is InChI=1S/C26H27N5O/c1-17-13-30(24-7-4-18(12-27)26-23(24)3-2-9-28-26)16-25-22-6-5-20(11-19(22)14-31(17)25)29-10-8-21(32)15-29/h2-7,9,11,17,21,25,32H,8,10,13-16H2,1H3/t17?,21-,25?/m1/s1. The monoisotopic (exact) mass is 425 g/mol. The SMILES string of the molecule is CC1CN(c2ccc(C#N)c3ncccc23)CC2c3ccc(N4CC[C@@H](O)C4)cc3CN12. The summed E-state index contributed by atoms with van der Waals surface area (Å²) in [4.78, 5) is 11.9. The molecule has 32 heavy (non-hydrogen) atoms. The minimum Gasteiger partial charge on any atom is -0.391 e. The van der Waals surface area contributed by atoms with E-state index >= 15 is 0 Å². The predicted octanol–water partition coefficient (Wildman–Crippen LogP) is 3.44. The van der Waals surface area contributed by atoms with Crippen molar-refractivity contribution in [1.82, 2.24) is 9.88 Å². The van der Waals surface area contributed by atoms with E-state index in [1.165, 1.54) is 16.8 Å². The first-order valence-electron chi connectivity index (χ1n) is 11.5. The van der Waals surface area contributed by atoms with Gasteiger partial charge in [-0.3, -0.25) is 9.88 Å². The molecule has 2 fully saturated rings. The number of hydrogen-bond acceptors (Lipinski definition) is 6. The second-order valence-electron chi connectivity index (χ2n) is 9.36. The Bertz CT molecular complexity index is 1230. The van der Waals surface area contributed by atoms with Gasteiger partial charge in [0, 0.05) is 61.7 Å². The fourth-order valence-corrected chi connectivity index (χ4v) is 5.81. The maximum atomic E-state index is 9.93. The maximum absolute atomic E-state index is 9.93. The molecule has 0 radical (unpaired) electrons. The number of rotatable bonds is 2. The van der Waals surface area contributed by atoms with E-state index in [4.69, 9.17) is 0 Å². The van der Waals surface area contributed by atoms with Gasteiger partial charge in [-0.15, -0.1) is 0 Å². The van der Waals surface area contributed by atoms with Crippen molar-refractivity contribution < 1.29 is 5.11 Å². The molecule has 3 aliphatic heterocycles. The first kappa shape index (κ1) is 19.5. The molecule has 0 bridgehead atoms. The second kappa shape index (κ2) is 7.47. The molecule has 3 atom stereocenters. The van der Waals surface area contributed by atoms with E-state index in [2.05, 4.69) is 63.0 Å². The van der Waals surface area contributed by atoms with Crippen molar-refractivity contribution >= 4 is 22.3 Å². The summed E-state index contributed by atoms with van der Waals surface area (Å²) in [6.45, 7) is 6.83. The van der Waals surface area contributed by atoms with Crippen LogP contribution in [0.1, 0.15) is 36.1 Å². The minimum atomic E-state index is -0.208. The molecule has 6 nitrogen and oxygen atoms in total. The number of benzene rings is 2. The van der Waals surface area contributed by atoms with Crippen molar-refractivity contribution in [3.8, 4) is 6.07 Å². The molecule has 4 heterocycles. The Labute approximate surface area is 188 Å². The lowest BCUT2D eigenvalue weighted by Crippen LogP contribution is -2.51. The summed E-state index contributed by atoms with van der Waals surface area (Å²) in [6, 6.07) is 17.9. The van der Waals surface area contributed by atoms with Crippen LogP contribution in [0.4, 0.5) is 11.4 Å². The van der Waals surface area contributed by atoms with Crippen LogP contribution in [0.5, 0.6) is 0 Å². The summed E-state index contributed by atoms with van der Waals surface area (Å²) >= 11 is 0. The number of aromatic nitrogens is 1. The van der Waals surface area contributed by atoms with E-state index in [9.17, 15) is 10.4 Å². The van der Waals surface area contributed by atoms with E-state index in [1.54, 1.807) is 6.20 Å². The number of piperazine rings is 1. The molecule has 3 aliphatic rings. The number of hydrogen-bond donors (Lipinski definition) is 1. The molecule has 2 aromatic carbocycles. The summed E-state index contributed by atoms with van der Waals surface area (Å²) in [5, 5.41) is 20.5. The lowest BCUT2D eigenvalue weighted by Gasteiger charge is -2.43. The first-order valence-corrected chi connectivity index (χ1v) is 11.5. The van der Waals surface area contributed by atoms with E-state index < -0.39 is 0 Å². The molecule has 0 saturated carbocycles. The Kier molecular flexibility index (Phi) is 4.56. The van der Waals surface area contributed by atoms with Crippen LogP contribution in [0.2, 0.25) is 0 Å². The van der Waals surface area contributed by atoms with E-state index in [1.807, 2.05) is 12.1 Å². The summed E-state index contributed by atoms with van der Waals surface area (Å²) in [6.07, 6.45) is 2.41. The number of nitrogens with zero attached hydrogens (tertiary/aromatic N) is 5. The Morgan fingerprint density at radius 1 is 1.09 bits per heavy atom. The maximum Gasteiger partial charge on any atom is 0.101 e. The number of fused-ring (bicyclic) bond motifs is 4. The Morgan fingerprint density at radius 2 is 2.00 bits per heavy atom. The third-order valence-corrected chi connectivity index (χ3v) is 7.42. The molecule has 2 unspecified atom stereocenters. The fraction of sp³-hybridized carbons (Fsp3) is 0.385. The van der Waals surface area contributed by atoms with Crippen molar-refractivity contribution in [3.05, 3.63) is 65.4 Å². The molecular weight excluding hydrogens is 398 g/mol. The highest BCUT2D eigenvalue weighted by Gasteiger charge is 2.39. The topological polar surface area (TPSA) is 66.6 Å². The van der Waals surface area contributed by atoms with Crippen LogP contribution >= 0.6 is 0 Å². The number of nitriles is 1. The zero-order valence-electron chi connectivity index (χ0n) is 18.3. The predicted molar refractivity (Wildman–Crippen MR) is 126 cm³/mol. The summed E-state index contributed by atoms with van der Waals surface area (Å²) < 4.78 is 0. The first-order chi connectivity index (χ1) is 15.6. The third-order valence-electron chi connectivity index (χ3n) is 7.42. The van der Waals surface area contributed by atoms with Crippen molar-refractivity contribution in [2.75, 3.05) is 36.0 Å². The van der Waals surface area contributed by atoms with Gasteiger partial charge in [0.2, 0.25) is 0 Å². The Hall–Kier alpha value is -3.14. The second-order valence-corrected chi connectivity index (χ2v) is 9.36. The molecule has 0 amide bonds. The molecule has 6 rings (SSSR count). The van der Waals surface area contributed by atoms with Gasteiger partial charge in [0.25, 0.3) is 0 Å². The quantitative estimate of drug-likeness (QED) is 0.679. The lowest BCUT2D eigenvalue weighted by atomic mass is 9.99. The zero-order chi connectivity index (χ0) is 21.8. The van der Waals surface area contributed by atoms with Gasteiger partial charge in [0.15, 0.2) is 0 Å². The average Bonchev–Trinajstić information content (AvgIpc) is 3.41. The van der Waals surface area contributed by atoms with Gasteiger partial charge in [-0.05, 0) is 60.9 Å². The normalized spacial score (nSPS) is 25.1. The van der Waals surface area contributed by atoms with Crippen molar-refractivity contribution in [2.24, 2.45) is 0 Å². The highest BCUT2D eigenvalue weighted by atomic mass is 16.3. The molecule has 0 spiro atoms. The van der Waals surface area contributed by atoms with Crippen LogP contribution in [-0.2, 0) is 6.54 Å². The lowest BCUT2D eigenvalue weighted by molar-refractivity contribution is 0.134. The van der Waals surface area contributed by atoms with Crippen LogP contribution < -0.4 is 9.80 Å². The number of β-amino-alcohol motifs (C(OH)–C–C–N with tert-alkyl or cyclic N) is 1. The van der Waals surface area contributed by atoms with Crippen LogP contribution in [0.3, 0.4) is 0 Å². The van der Waals surface area contributed by atoms with Gasteiger partial charge in [0.1, 0.15) is 6.07 Å². The van der Waals surface area contributed by atoms with Crippen LogP contribution in [0.15, 0.2) is 48.7 Å². The van der Waals surface area contributed by atoms with E-state index in [0.29, 0.717) is 17.6 Å². The fourth-order valence-electron chi connectivity index (χ4n) is 5.81. The molecule has 1 aromatic heterocycles. The van der Waals surface area contributed by atoms with Crippen molar-refractivity contribution in [1.29, 1.82) is 5.26 Å². The van der Waals surface area contributed by atoms with Gasteiger partial charge >= 0.3 is 0 Å². The Morgan fingerprint density at radius 3 is 2.81 bits per heavy atom. The molecule has 2 saturated heterocycles. The van der Waals surface area contributed by atoms with Crippen molar-refractivity contribution in [3.63, 3.8) is 0 Å². The molecule has 162 valence electrons. The van der Waals surface area contributed by atoms with Crippen LogP contribution in [0, 0.1) is 11.3 Å². The zero-order valence-corrected chi connectivity index (χ0v) is 18.3. The summed E-state index contributed by atoms with van der Waals surface area (Å²) in [7, 11) is 0. The molecule has 1 N–H and O–H groups in total. The molecule has 6 heteroatoms. The number of aliphatic hydroxyl groups excluding tert-OH is 1. The van der Waals surface area contributed by atoms with Gasteiger partial charge in [-0.1, -0.05) is 6.07 Å². The van der Waals surface area contributed by atoms with Crippen molar-refractivity contribution in [2.45, 2.75) is 38.1 Å². The van der Waals surface area contributed by atoms with Gasteiger partial charge in [-0.25, -0.2) is 0 Å². The van der Waals surface area contributed by atoms with Crippen LogP contribution in [0.25, 0.3) is 10.9 Å². The smallest absolute Gasteiger partial charge is 0.101 e. The number of anilines is 2. The van der Waals surface area contributed by atoms with Crippen LogP contribution in [-0.4, -0.2) is 53.3 Å². The van der Waals surface area contributed by atoms with E-state index in [-0.39, 0.29) is 6.10 Å². The summed E-state index contributed by atoms with van der Waals surface area (Å²) in [5.74, 6) is 0. The number of pyridine rings is 1. The van der Waals surface area contributed by atoms with E-state index in [0.717, 1.165) is 55.7 Å². The third kappa shape index (κ3) is 3.04. The number of aliphatic hydroxyl groups is 1.